The van der Waals surface area contributed by atoms with Crippen LogP contribution in [0.25, 0.3) is 16.5 Å². The lowest BCUT2D eigenvalue weighted by molar-refractivity contribution is 0.261. The fraction of sp³-hybridized carbons (Fsp3) is 0.429. The number of nitrogens with one attached hydrogen (secondary N) is 1. The summed E-state index contributed by atoms with van der Waals surface area (Å²) in [5.41, 5.74) is 5.19. The molecule has 0 saturated heterocycles. The summed E-state index contributed by atoms with van der Waals surface area (Å²) in [6.07, 6.45) is 8.81. The standard InChI is InChI=1S/C28H35NO3/c1-20(2)25-21(3)24-15-18-31-26(24)28(30-17-9-12-22-10-5-4-6-11-22)27(25)32-19-16-29-23-13-7-8-14-23/h4-6,10-11,15,18,23,29H,1,7-9,12-14,16-17,19H2,2-3H3. The molecule has 0 atom stereocenters. The summed E-state index contributed by atoms with van der Waals surface area (Å²) in [6.45, 7) is 10.4. The van der Waals surface area contributed by atoms with Gasteiger partial charge in [-0.15, -0.1) is 0 Å². The summed E-state index contributed by atoms with van der Waals surface area (Å²) in [5.74, 6) is 1.45. The van der Waals surface area contributed by atoms with Gasteiger partial charge in [-0.2, -0.15) is 0 Å². The first-order valence-corrected chi connectivity index (χ1v) is 11.9. The highest BCUT2D eigenvalue weighted by Gasteiger charge is 2.23. The monoisotopic (exact) mass is 433 g/mol. The van der Waals surface area contributed by atoms with E-state index >= 15 is 0 Å². The van der Waals surface area contributed by atoms with Gasteiger partial charge < -0.3 is 19.2 Å². The van der Waals surface area contributed by atoms with E-state index in [9.17, 15) is 0 Å². The van der Waals surface area contributed by atoms with Crippen molar-refractivity contribution in [3.63, 3.8) is 0 Å². The van der Waals surface area contributed by atoms with E-state index in [0.717, 1.165) is 52.8 Å². The van der Waals surface area contributed by atoms with Crippen LogP contribution < -0.4 is 14.8 Å². The molecule has 0 spiro atoms. The van der Waals surface area contributed by atoms with Gasteiger partial charge in [0.15, 0.2) is 11.3 Å². The minimum atomic E-state index is 0.586. The van der Waals surface area contributed by atoms with Crippen LogP contribution in [0.1, 0.15) is 55.7 Å². The fourth-order valence-corrected chi connectivity index (χ4v) is 4.73. The van der Waals surface area contributed by atoms with Crippen LogP contribution in [0.4, 0.5) is 0 Å². The van der Waals surface area contributed by atoms with Crippen molar-refractivity contribution in [1.82, 2.24) is 5.32 Å². The zero-order valence-corrected chi connectivity index (χ0v) is 19.4. The van der Waals surface area contributed by atoms with E-state index in [2.05, 4.69) is 43.1 Å². The van der Waals surface area contributed by atoms with Gasteiger partial charge in [-0.25, -0.2) is 0 Å². The van der Waals surface area contributed by atoms with Crippen molar-refractivity contribution in [1.29, 1.82) is 0 Å². The molecule has 1 aromatic heterocycles. The van der Waals surface area contributed by atoms with Gasteiger partial charge in [0.05, 0.1) is 12.9 Å². The molecule has 0 aliphatic heterocycles. The summed E-state index contributed by atoms with van der Waals surface area (Å²) in [4.78, 5) is 0. The summed E-state index contributed by atoms with van der Waals surface area (Å²) in [6, 6.07) is 13.1. The van der Waals surface area contributed by atoms with E-state index in [1.807, 2.05) is 19.1 Å². The van der Waals surface area contributed by atoms with E-state index in [-0.39, 0.29) is 0 Å². The maximum absolute atomic E-state index is 6.35. The van der Waals surface area contributed by atoms with Gasteiger partial charge in [-0.3, -0.25) is 0 Å². The second kappa shape index (κ2) is 10.7. The van der Waals surface area contributed by atoms with Crippen molar-refractivity contribution in [2.45, 2.75) is 58.4 Å². The second-order valence-electron chi connectivity index (χ2n) is 8.82. The van der Waals surface area contributed by atoms with Crippen molar-refractivity contribution in [2.75, 3.05) is 19.8 Å². The highest BCUT2D eigenvalue weighted by Crippen LogP contribution is 2.45. The van der Waals surface area contributed by atoms with E-state index in [1.165, 1.54) is 31.2 Å². The molecular weight excluding hydrogens is 398 g/mol. The Morgan fingerprint density at radius 3 is 2.56 bits per heavy atom. The van der Waals surface area contributed by atoms with Gasteiger partial charge in [0.2, 0.25) is 5.75 Å². The lowest BCUT2D eigenvalue weighted by atomic mass is 9.97. The maximum atomic E-state index is 6.35. The summed E-state index contributed by atoms with van der Waals surface area (Å²) >= 11 is 0. The Balaban J connectivity index is 1.51. The normalized spacial score (nSPS) is 14.2. The molecule has 1 saturated carbocycles. The molecule has 1 aliphatic rings. The number of benzene rings is 2. The molecule has 1 N–H and O–H groups in total. The maximum Gasteiger partial charge on any atom is 0.205 e. The molecule has 0 unspecified atom stereocenters. The molecule has 4 nitrogen and oxygen atoms in total. The number of aryl methyl sites for hydroxylation is 2. The molecule has 3 aromatic rings. The van der Waals surface area contributed by atoms with Crippen LogP contribution in [0.3, 0.4) is 0 Å². The Morgan fingerprint density at radius 2 is 1.81 bits per heavy atom. The van der Waals surface area contributed by atoms with E-state index in [1.54, 1.807) is 6.26 Å². The minimum Gasteiger partial charge on any atom is -0.488 e. The van der Waals surface area contributed by atoms with Gasteiger partial charge in [0.25, 0.3) is 0 Å². The first-order chi connectivity index (χ1) is 15.6. The number of rotatable bonds is 11. The molecule has 32 heavy (non-hydrogen) atoms. The number of hydrogen-bond acceptors (Lipinski definition) is 4. The summed E-state index contributed by atoms with van der Waals surface area (Å²) in [5, 5.41) is 4.68. The molecule has 2 aromatic carbocycles. The molecule has 1 heterocycles. The smallest absolute Gasteiger partial charge is 0.205 e. The SMILES string of the molecule is C=C(C)c1c(OCCNC2CCCC2)c(OCCCc2ccccc2)c2occc2c1C. The van der Waals surface area contributed by atoms with Crippen molar-refractivity contribution < 1.29 is 13.9 Å². The summed E-state index contributed by atoms with van der Waals surface area (Å²) in [7, 11) is 0. The van der Waals surface area contributed by atoms with Crippen LogP contribution in [0.2, 0.25) is 0 Å². The predicted molar refractivity (Wildman–Crippen MR) is 132 cm³/mol. The lowest BCUT2D eigenvalue weighted by Gasteiger charge is -2.20. The molecule has 170 valence electrons. The van der Waals surface area contributed by atoms with Crippen LogP contribution in [-0.4, -0.2) is 25.8 Å². The van der Waals surface area contributed by atoms with Crippen molar-refractivity contribution in [3.05, 3.63) is 65.9 Å². The first-order valence-electron chi connectivity index (χ1n) is 11.9. The van der Waals surface area contributed by atoms with E-state index in [0.29, 0.717) is 25.0 Å². The van der Waals surface area contributed by atoms with Crippen molar-refractivity contribution >= 4 is 16.5 Å². The Hall–Kier alpha value is -2.72. The van der Waals surface area contributed by atoms with Gasteiger partial charge in [-0.05, 0) is 62.3 Å². The van der Waals surface area contributed by atoms with E-state index < -0.39 is 0 Å². The third-order valence-corrected chi connectivity index (χ3v) is 6.35. The zero-order valence-electron chi connectivity index (χ0n) is 19.4. The molecule has 4 heteroatoms. The third kappa shape index (κ3) is 5.18. The van der Waals surface area contributed by atoms with Crippen molar-refractivity contribution in [2.24, 2.45) is 0 Å². The quantitative estimate of drug-likeness (QED) is 0.342. The Morgan fingerprint density at radius 1 is 1.06 bits per heavy atom. The lowest BCUT2D eigenvalue weighted by Crippen LogP contribution is -2.30. The summed E-state index contributed by atoms with van der Waals surface area (Å²) < 4.78 is 18.5. The molecule has 0 bridgehead atoms. The van der Waals surface area contributed by atoms with E-state index in [4.69, 9.17) is 13.9 Å². The van der Waals surface area contributed by atoms with Crippen LogP contribution in [-0.2, 0) is 6.42 Å². The minimum absolute atomic E-state index is 0.586. The number of furan rings is 1. The molecule has 4 rings (SSSR count). The van der Waals surface area contributed by atoms with Crippen molar-refractivity contribution in [3.8, 4) is 11.5 Å². The molecule has 1 aliphatic carbocycles. The Labute approximate surface area is 191 Å². The highest BCUT2D eigenvalue weighted by atomic mass is 16.5. The largest absolute Gasteiger partial charge is 0.488 e. The average Bonchev–Trinajstić information content (AvgIpc) is 3.48. The second-order valence-corrected chi connectivity index (χ2v) is 8.82. The molecule has 1 fully saturated rings. The zero-order chi connectivity index (χ0) is 22.3. The van der Waals surface area contributed by atoms with Gasteiger partial charge in [-0.1, -0.05) is 49.8 Å². The topological polar surface area (TPSA) is 43.6 Å². The van der Waals surface area contributed by atoms with Crippen LogP contribution in [0, 0.1) is 6.92 Å². The van der Waals surface area contributed by atoms with Crippen LogP contribution >= 0.6 is 0 Å². The number of hydrogen-bond donors (Lipinski definition) is 1. The number of fused-ring (bicyclic) bond motifs is 1. The van der Waals surface area contributed by atoms with Crippen LogP contribution in [0.5, 0.6) is 11.5 Å². The molecule has 0 radical (unpaired) electrons. The van der Waals surface area contributed by atoms with Gasteiger partial charge in [0, 0.05) is 23.5 Å². The third-order valence-electron chi connectivity index (χ3n) is 6.35. The predicted octanol–water partition coefficient (Wildman–Crippen LogP) is 6.70. The number of ether oxygens (including phenoxy) is 2. The molecule has 0 amide bonds. The van der Waals surface area contributed by atoms with Crippen LogP contribution in [0.15, 0.2) is 53.7 Å². The average molecular weight is 434 g/mol. The first kappa shape index (κ1) is 22.5. The Bertz CT molecular complexity index is 1030. The highest BCUT2D eigenvalue weighted by molar-refractivity contribution is 5.94. The van der Waals surface area contributed by atoms with Gasteiger partial charge >= 0.3 is 0 Å². The fourth-order valence-electron chi connectivity index (χ4n) is 4.73. The molecular formula is C28H35NO3. The van der Waals surface area contributed by atoms with Gasteiger partial charge in [0.1, 0.15) is 6.61 Å². The number of allylic oxidation sites excluding steroid dienone is 1. The Kier molecular flexibility index (Phi) is 7.54.